The van der Waals surface area contributed by atoms with Crippen molar-refractivity contribution < 1.29 is 17.6 Å². The summed E-state index contributed by atoms with van der Waals surface area (Å²) in [7, 11) is -1.42. The first-order chi connectivity index (χ1) is 8.55. The highest BCUT2D eigenvalue weighted by Crippen LogP contribution is 2.11. The molecule has 0 aliphatic carbocycles. The van der Waals surface area contributed by atoms with E-state index >= 15 is 0 Å². The molecule has 0 aliphatic rings. The third-order valence-corrected chi connectivity index (χ3v) is 4.37. The summed E-state index contributed by atoms with van der Waals surface area (Å²) in [6.45, 7) is 2.85. The number of nitrogens with one attached hydrogen (secondary N) is 1. The van der Waals surface area contributed by atoms with Gasteiger partial charge in [-0.1, -0.05) is 0 Å². The maximum absolute atomic E-state index is 11.7. The summed E-state index contributed by atoms with van der Waals surface area (Å²) in [6, 6.07) is 3.70. The molecule has 1 atom stereocenters. The van der Waals surface area contributed by atoms with Gasteiger partial charge in [-0.2, -0.15) is 0 Å². The van der Waals surface area contributed by atoms with Crippen LogP contribution >= 0.6 is 0 Å². The van der Waals surface area contributed by atoms with Gasteiger partial charge in [0, 0.05) is 20.3 Å². The van der Waals surface area contributed by atoms with E-state index in [4.69, 9.17) is 9.15 Å². The monoisotopic (exact) mass is 275 g/mol. The molecule has 0 bridgehead atoms. The smallest absolute Gasteiger partial charge is 0.151 e. The van der Waals surface area contributed by atoms with Crippen LogP contribution in [-0.2, 0) is 14.6 Å². The van der Waals surface area contributed by atoms with Gasteiger partial charge in [0.25, 0.3) is 0 Å². The van der Waals surface area contributed by atoms with Gasteiger partial charge in [0.05, 0.1) is 23.8 Å². The second-order valence-electron chi connectivity index (χ2n) is 4.19. The summed E-state index contributed by atoms with van der Waals surface area (Å²) in [5.74, 6) is 1.13. The molecule has 1 rings (SSSR count). The fraction of sp³-hybridized carbons (Fsp3) is 0.667. The molecular weight excluding hydrogens is 254 g/mol. The van der Waals surface area contributed by atoms with Crippen LogP contribution in [0.5, 0.6) is 0 Å². The van der Waals surface area contributed by atoms with Crippen LogP contribution in [0.4, 0.5) is 0 Å². The Kier molecular flexibility index (Phi) is 6.38. The number of ether oxygens (including phenoxy) is 1. The Labute approximate surface area is 108 Å². The zero-order chi connectivity index (χ0) is 13.4. The number of hydrogen-bond donors (Lipinski definition) is 1. The molecule has 1 N–H and O–H groups in total. The molecule has 0 spiro atoms. The average molecular weight is 275 g/mol. The minimum absolute atomic E-state index is 0.0224. The standard InChI is InChI=1S/C12H21NO4S/c1-11(12-5-3-8-17-12)13-6-10-18(14,15)9-4-7-16-2/h3,5,8,11,13H,4,6-7,9-10H2,1-2H3. The molecule has 1 aromatic rings. The molecule has 104 valence electrons. The molecule has 6 heteroatoms. The van der Waals surface area contributed by atoms with Gasteiger partial charge in [-0.3, -0.25) is 0 Å². The van der Waals surface area contributed by atoms with E-state index < -0.39 is 9.84 Å². The lowest BCUT2D eigenvalue weighted by molar-refractivity contribution is 0.199. The molecular formula is C12H21NO4S. The van der Waals surface area contributed by atoms with Gasteiger partial charge >= 0.3 is 0 Å². The maximum Gasteiger partial charge on any atom is 0.151 e. The van der Waals surface area contributed by atoms with E-state index in [1.807, 2.05) is 19.1 Å². The Morgan fingerprint density at radius 3 is 2.83 bits per heavy atom. The van der Waals surface area contributed by atoms with Crippen molar-refractivity contribution in [3.8, 4) is 0 Å². The number of rotatable bonds is 9. The molecule has 0 radical (unpaired) electrons. The fourth-order valence-corrected chi connectivity index (χ4v) is 2.79. The van der Waals surface area contributed by atoms with Crippen LogP contribution < -0.4 is 5.32 Å². The highest BCUT2D eigenvalue weighted by atomic mass is 32.2. The summed E-state index contributed by atoms with van der Waals surface area (Å²) in [4.78, 5) is 0. The Morgan fingerprint density at radius 2 is 2.22 bits per heavy atom. The van der Waals surface area contributed by atoms with Crippen molar-refractivity contribution in [3.63, 3.8) is 0 Å². The van der Waals surface area contributed by atoms with E-state index in [0.717, 1.165) is 5.76 Å². The van der Waals surface area contributed by atoms with E-state index in [1.165, 1.54) is 0 Å². The quantitative estimate of drug-likeness (QED) is 0.690. The van der Waals surface area contributed by atoms with Gasteiger partial charge in [-0.15, -0.1) is 0 Å². The summed E-state index contributed by atoms with van der Waals surface area (Å²) >= 11 is 0. The SMILES string of the molecule is COCCCS(=O)(=O)CCNC(C)c1ccco1. The van der Waals surface area contributed by atoms with E-state index in [1.54, 1.807) is 13.4 Å². The van der Waals surface area contributed by atoms with Crippen LogP contribution in [-0.4, -0.2) is 40.2 Å². The fourth-order valence-electron chi connectivity index (χ4n) is 1.59. The summed E-state index contributed by atoms with van der Waals surface area (Å²) in [5.41, 5.74) is 0. The van der Waals surface area contributed by atoms with Crippen molar-refractivity contribution in [1.82, 2.24) is 5.32 Å². The van der Waals surface area contributed by atoms with Crippen LogP contribution in [0.15, 0.2) is 22.8 Å². The summed E-state index contributed by atoms with van der Waals surface area (Å²) < 4.78 is 33.4. The topological polar surface area (TPSA) is 68.5 Å². The molecule has 1 unspecified atom stereocenters. The molecule has 0 saturated carbocycles. The average Bonchev–Trinajstić information content (AvgIpc) is 2.82. The van der Waals surface area contributed by atoms with Gasteiger partial charge in [0.2, 0.25) is 0 Å². The van der Waals surface area contributed by atoms with Gasteiger partial charge < -0.3 is 14.5 Å². The maximum atomic E-state index is 11.7. The van der Waals surface area contributed by atoms with Crippen LogP contribution in [0, 0.1) is 0 Å². The Morgan fingerprint density at radius 1 is 1.44 bits per heavy atom. The summed E-state index contributed by atoms with van der Waals surface area (Å²) in [5, 5.41) is 3.13. The molecule has 0 aliphatic heterocycles. The molecule has 0 fully saturated rings. The van der Waals surface area contributed by atoms with E-state index in [2.05, 4.69) is 5.32 Å². The molecule has 1 heterocycles. The molecule has 1 aromatic heterocycles. The number of methoxy groups -OCH3 is 1. The van der Waals surface area contributed by atoms with Crippen molar-refractivity contribution in [1.29, 1.82) is 0 Å². The van der Waals surface area contributed by atoms with Crippen molar-refractivity contribution in [3.05, 3.63) is 24.2 Å². The molecule has 0 amide bonds. The van der Waals surface area contributed by atoms with Crippen LogP contribution in [0.1, 0.15) is 25.1 Å². The lowest BCUT2D eigenvalue weighted by Gasteiger charge is -2.11. The first kappa shape index (κ1) is 15.2. The normalized spacial score (nSPS) is 13.7. The molecule has 0 aromatic carbocycles. The van der Waals surface area contributed by atoms with Crippen LogP contribution in [0.2, 0.25) is 0 Å². The second kappa shape index (κ2) is 7.56. The zero-order valence-corrected chi connectivity index (χ0v) is 11.7. The first-order valence-electron chi connectivity index (χ1n) is 6.01. The van der Waals surface area contributed by atoms with E-state index in [0.29, 0.717) is 19.6 Å². The molecule has 0 saturated heterocycles. The number of furan rings is 1. The second-order valence-corrected chi connectivity index (χ2v) is 6.49. The minimum Gasteiger partial charge on any atom is -0.468 e. The zero-order valence-electron chi connectivity index (χ0n) is 10.9. The predicted octanol–water partition coefficient (Wildman–Crippen LogP) is 1.38. The Balaban J connectivity index is 2.24. The number of hydrogen-bond acceptors (Lipinski definition) is 5. The van der Waals surface area contributed by atoms with Gasteiger partial charge in [-0.05, 0) is 25.5 Å². The highest BCUT2D eigenvalue weighted by molar-refractivity contribution is 7.91. The third-order valence-electron chi connectivity index (χ3n) is 2.64. The van der Waals surface area contributed by atoms with Gasteiger partial charge in [0.1, 0.15) is 5.76 Å². The van der Waals surface area contributed by atoms with Crippen molar-refractivity contribution in [2.75, 3.05) is 31.8 Å². The van der Waals surface area contributed by atoms with Crippen molar-refractivity contribution in [2.45, 2.75) is 19.4 Å². The van der Waals surface area contributed by atoms with Crippen LogP contribution in [0.3, 0.4) is 0 Å². The Bertz CT molecular complexity index is 413. The van der Waals surface area contributed by atoms with Crippen molar-refractivity contribution >= 4 is 9.84 Å². The lowest BCUT2D eigenvalue weighted by Crippen LogP contribution is -2.26. The highest BCUT2D eigenvalue weighted by Gasteiger charge is 2.12. The minimum atomic E-state index is -2.99. The van der Waals surface area contributed by atoms with E-state index in [-0.39, 0.29) is 17.5 Å². The third kappa shape index (κ3) is 5.66. The Hall–Kier alpha value is -0.850. The van der Waals surface area contributed by atoms with Crippen LogP contribution in [0.25, 0.3) is 0 Å². The summed E-state index contributed by atoms with van der Waals surface area (Å²) in [6.07, 6.45) is 2.15. The van der Waals surface area contributed by atoms with Crippen molar-refractivity contribution in [2.24, 2.45) is 0 Å². The largest absolute Gasteiger partial charge is 0.468 e. The predicted molar refractivity (Wildman–Crippen MR) is 70.3 cm³/mol. The van der Waals surface area contributed by atoms with Gasteiger partial charge in [-0.25, -0.2) is 8.42 Å². The van der Waals surface area contributed by atoms with Gasteiger partial charge in [0.15, 0.2) is 9.84 Å². The molecule has 18 heavy (non-hydrogen) atoms. The number of sulfone groups is 1. The van der Waals surface area contributed by atoms with E-state index in [9.17, 15) is 8.42 Å². The lowest BCUT2D eigenvalue weighted by atomic mass is 10.2. The molecule has 5 nitrogen and oxygen atoms in total. The first-order valence-corrected chi connectivity index (χ1v) is 7.83.